The van der Waals surface area contributed by atoms with Crippen LogP contribution in [0.15, 0.2) is 54.6 Å². The molecule has 4 rings (SSSR count). The lowest BCUT2D eigenvalue weighted by Gasteiger charge is -2.10. The van der Waals surface area contributed by atoms with Crippen molar-refractivity contribution in [3.63, 3.8) is 0 Å². The second-order valence-corrected chi connectivity index (χ2v) is 6.55. The van der Waals surface area contributed by atoms with Crippen LogP contribution in [0, 0.1) is 6.92 Å². The molecule has 3 heteroatoms. The van der Waals surface area contributed by atoms with Gasteiger partial charge in [0.2, 0.25) is 0 Å². The molecule has 1 aliphatic carbocycles. The van der Waals surface area contributed by atoms with E-state index in [0.29, 0.717) is 12.5 Å². The first kappa shape index (κ1) is 14.9. The fraction of sp³-hybridized carbons (Fsp3) is 0.238. The highest BCUT2D eigenvalue weighted by molar-refractivity contribution is 6.06. The average molecular weight is 316 g/mol. The van der Waals surface area contributed by atoms with Crippen LogP contribution in [-0.4, -0.2) is 10.9 Å². The molecule has 1 N–H and O–H groups in total. The Balaban J connectivity index is 1.62. The Morgan fingerprint density at radius 3 is 2.62 bits per heavy atom. The van der Waals surface area contributed by atoms with Crippen LogP contribution in [0.3, 0.4) is 0 Å². The van der Waals surface area contributed by atoms with Crippen LogP contribution in [0.1, 0.15) is 45.9 Å². The molecular formula is C21H20N2O. The maximum Gasteiger partial charge on any atom is 0.252 e. The highest BCUT2D eigenvalue weighted by atomic mass is 16.1. The van der Waals surface area contributed by atoms with E-state index in [1.807, 2.05) is 30.3 Å². The average Bonchev–Trinajstić information content (AvgIpc) is 3.45. The second-order valence-electron chi connectivity index (χ2n) is 6.55. The minimum absolute atomic E-state index is 0.0314. The van der Waals surface area contributed by atoms with Crippen molar-refractivity contribution in [2.75, 3.05) is 0 Å². The van der Waals surface area contributed by atoms with Gasteiger partial charge in [0.25, 0.3) is 5.91 Å². The van der Waals surface area contributed by atoms with E-state index in [1.165, 1.54) is 18.4 Å². The van der Waals surface area contributed by atoms with Crippen LogP contribution in [0.25, 0.3) is 10.9 Å². The number of pyridine rings is 1. The van der Waals surface area contributed by atoms with E-state index >= 15 is 0 Å². The predicted molar refractivity (Wildman–Crippen MR) is 96.1 cm³/mol. The summed E-state index contributed by atoms with van der Waals surface area (Å²) in [6, 6.07) is 18.1. The Kier molecular flexibility index (Phi) is 3.77. The largest absolute Gasteiger partial charge is 0.348 e. The molecule has 24 heavy (non-hydrogen) atoms. The van der Waals surface area contributed by atoms with Gasteiger partial charge < -0.3 is 5.32 Å². The lowest BCUT2D eigenvalue weighted by molar-refractivity contribution is 0.0952. The van der Waals surface area contributed by atoms with Crippen molar-refractivity contribution in [3.05, 3.63) is 77.0 Å². The van der Waals surface area contributed by atoms with Crippen LogP contribution < -0.4 is 5.32 Å². The molecule has 1 heterocycles. The molecule has 0 saturated heterocycles. The number of hydrogen-bond acceptors (Lipinski definition) is 2. The highest BCUT2D eigenvalue weighted by Crippen LogP contribution is 2.40. The highest BCUT2D eigenvalue weighted by Gasteiger charge is 2.26. The van der Waals surface area contributed by atoms with Gasteiger partial charge in [0, 0.05) is 23.5 Å². The number of fused-ring (bicyclic) bond motifs is 1. The van der Waals surface area contributed by atoms with Crippen molar-refractivity contribution in [3.8, 4) is 0 Å². The lowest BCUT2D eigenvalue weighted by atomic mass is 10.1. The fourth-order valence-corrected chi connectivity index (χ4v) is 2.96. The second kappa shape index (κ2) is 6.08. The number of rotatable bonds is 4. The van der Waals surface area contributed by atoms with Gasteiger partial charge in [-0.25, -0.2) is 0 Å². The molecule has 120 valence electrons. The summed E-state index contributed by atoms with van der Waals surface area (Å²) in [6.07, 6.45) is 2.35. The first-order valence-corrected chi connectivity index (χ1v) is 8.44. The molecule has 0 bridgehead atoms. The zero-order valence-electron chi connectivity index (χ0n) is 13.8. The quantitative estimate of drug-likeness (QED) is 0.777. The normalized spacial score (nSPS) is 13.9. The van der Waals surface area contributed by atoms with E-state index in [-0.39, 0.29) is 5.91 Å². The third-order valence-electron chi connectivity index (χ3n) is 4.55. The van der Waals surface area contributed by atoms with Gasteiger partial charge in [-0.1, -0.05) is 48.0 Å². The van der Waals surface area contributed by atoms with E-state index in [0.717, 1.165) is 27.7 Å². The van der Waals surface area contributed by atoms with Crippen molar-refractivity contribution in [1.29, 1.82) is 0 Å². The minimum atomic E-state index is -0.0314. The summed E-state index contributed by atoms with van der Waals surface area (Å²) in [5.41, 5.74) is 5.01. The summed E-state index contributed by atoms with van der Waals surface area (Å²) < 4.78 is 0. The van der Waals surface area contributed by atoms with Gasteiger partial charge in [-0.3, -0.25) is 9.78 Å². The maximum absolute atomic E-state index is 12.8. The summed E-state index contributed by atoms with van der Waals surface area (Å²) in [7, 11) is 0. The van der Waals surface area contributed by atoms with Gasteiger partial charge >= 0.3 is 0 Å². The molecule has 0 unspecified atom stereocenters. The van der Waals surface area contributed by atoms with Crippen molar-refractivity contribution >= 4 is 16.8 Å². The van der Waals surface area contributed by atoms with E-state index in [1.54, 1.807) is 0 Å². The predicted octanol–water partition coefficient (Wildman–Crippen LogP) is 4.35. The zero-order chi connectivity index (χ0) is 16.5. The standard InChI is InChI=1S/C21H20N2O/c1-14-6-8-15(9-7-14)13-22-21(24)18-12-20(16-10-11-16)23-19-5-3-2-4-17(18)19/h2-9,12,16H,10-11,13H2,1H3,(H,22,24). The molecule has 0 radical (unpaired) electrons. The molecule has 1 fully saturated rings. The van der Waals surface area contributed by atoms with Crippen molar-refractivity contribution in [2.45, 2.75) is 32.2 Å². The van der Waals surface area contributed by atoms with E-state index in [2.05, 4.69) is 36.5 Å². The number of nitrogens with zero attached hydrogens (tertiary/aromatic N) is 1. The Morgan fingerprint density at radius 2 is 1.88 bits per heavy atom. The number of hydrogen-bond donors (Lipinski definition) is 1. The Morgan fingerprint density at radius 1 is 1.12 bits per heavy atom. The maximum atomic E-state index is 12.8. The third kappa shape index (κ3) is 3.02. The number of amides is 1. The summed E-state index contributed by atoms with van der Waals surface area (Å²) in [5.74, 6) is 0.495. The van der Waals surface area contributed by atoms with E-state index in [9.17, 15) is 4.79 Å². The number of para-hydroxylation sites is 1. The van der Waals surface area contributed by atoms with Gasteiger partial charge in [0.15, 0.2) is 0 Å². The summed E-state index contributed by atoms with van der Waals surface area (Å²) in [5, 5.41) is 3.97. The molecule has 0 aliphatic heterocycles. The SMILES string of the molecule is Cc1ccc(CNC(=O)c2cc(C3CC3)nc3ccccc23)cc1. The van der Waals surface area contributed by atoms with Crippen LogP contribution >= 0.6 is 0 Å². The molecule has 0 atom stereocenters. The molecule has 2 aromatic carbocycles. The number of aryl methyl sites for hydroxylation is 1. The Labute approximate surface area is 141 Å². The molecule has 3 aromatic rings. The van der Waals surface area contributed by atoms with Gasteiger partial charge in [-0.15, -0.1) is 0 Å². The lowest BCUT2D eigenvalue weighted by Crippen LogP contribution is -2.23. The molecular weight excluding hydrogens is 296 g/mol. The summed E-state index contributed by atoms with van der Waals surface area (Å²) >= 11 is 0. The Hall–Kier alpha value is -2.68. The fourth-order valence-electron chi connectivity index (χ4n) is 2.96. The first-order chi connectivity index (χ1) is 11.7. The number of nitrogens with one attached hydrogen (secondary N) is 1. The van der Waals surface area contributed by atoms with Gasteiger partial charge in [-0.05, 0) is 37.5 Å². The van der Waals surface area contributed by atoms with Crippen molar-refractivity contribution < 1.29 is 4.79 Å². The molecule has 1 aromatic heterocycles. The number of aromatic nitrogens is 1. The van der Waals surface area contributed by atoms with Crippen LogP contribution in [-0.2, 0) is 6.54 Å². The Bertz CT molecular complexity index is 895. The molecule has 1 saturated carbocycles. The number of benzene rings is 2. The zero-order valence-corrected chi connectivity index (χ0v) is 13.8. The van der Waals surface area contributed by atoms with E-state index < -0.39 is 0 Å². The third-order valence-corrected chi connectivity index (χ3v) is 4.55. The summed E-state index contributed by atoms with van der Waals surface area (Å²) in [4.78, 5) is 17.5. The molecule has 0 spiro atoms. The van der Waals surface area contributed by atoms with Crippen LogP contribution in [0.5, 0.6) is 0 Å². The number of carbonyl (C=O) groups is 1. The smallest absolute Gasteiger partial charge is 0.252 e. The minimum Gasteiger partial charge on any atom is -0.348 e. The van der Waals surface area contributed by atoms with Crippen LogP contribution in [0.2, 0.25) is 0 Å². The van der Waals surface area contributed by atoms with Crippen LogP contribution in [0.4, 0.5) is 0 Å². The monoisotopic (exact) mass is 316 g/mol. The van der Waals surface area contributed by atoms with Crippen molar-refractivity contribution in [2.24, 2.45) is 0 Å². The van der Waals surface area contributed by atoms with E-state index in [4.69, 9.17) is 4.98 Å². The van der Waals surface area contributed by atoms with Gasteiger partial charge in [0.05, 0.1) is 11.1 Å². The number of carbonyl (C=O) groups excluding carboxylic acids is 1. The van der Waals surface area contributed by atoms with Crippen molar-refractivity contribution in [1.82, 2.24) is 10.3 Å². The molecule has 3 nitrogen and oxygen atoms in total. The topological polar surface area (TPSA) is 42.0 Å². The van der Waals surface area contributed by atoms with Gasteiger partial charge in [0.1, 0.15) is 0 Å². The molecule has 1 amide bonds. The molecule has 1 aliphatic rings. The summed E-state index contributed by atoms with van der Waals surface area (Å²) in [6.45, 7) is 2.60. The first-order valence-electron chi connectivity index (χ1n) is 8.44. The van der Waals surface area contributed by atoms with Gasteiger partial charge in [-0.2, -0.15) is 0 Å².